The van der Waals surface area contributed by atoms with Gasteiger partial charge in [0.25, 0.3) is 0 Å². The van der Waals surface area contributed by atoms with Crippen molar-refractivity contribution >= 4 is 22.8 Å². The summed E-state index contributed by atoms with van der Waals surface area (Å²) in [6, 6.07) is 5.93. The highest BCUT2D eigenvalue weighted by molar-refractivity contribution is 6.33. The van der Waals surface area contributed by atoms with Crippen LogP contribution in [0.25, 0.3) is 16.9 Å². The lowest BCUT2D eigenvalue weighted by Gasteiger charge is -2.03. The summed E-state index contributed by atoms with van der Waals surface area (Å²) >= 11 is 5.84. The molecule has 18 heavy (non-hydrogen) atoms. The number of para-hydroxylation sites is 1. The van der Waals surface area contributed by atoms with Crippen molar-refractivity contribution in [1.29, 1.82) is 0 Å². The number of aromatic amines is 1. The summed E-state index contributed by atoms with van der Waals surface area (Å²) in [6.45, 7) is 0. The van der Waals surface area contributed by atoms with Crippen LogP contribution in [0.5, 0.6) is 0 Å². The molecule has 1 N–H and O–H groups in total. The molecule has 3 rings (SSSR count). The van der Waals surface area contributed by atoms with E-state index in [1.54, 1.807) is 12.1 Å². The molecule has 0 amide bonds. The summed E-state index contributed by atoms with van der Waals surface area (Å²) in [7, 11) is 0. The van der Waals surface area contributed by atoms with Gasteiger partial charge in [-0.2, -0.15) is 0 Å². The highest BCUT2D eigenvalue weighted by atomic mass is 35.5. The number of halogens is 2. The fourth-order valence-corrected chi connectivity index (χ4v) is 1.92. The van der Waals surface area contributed by atoms with Gasteiger partial charge in [-0.3, -0.25) is 0 Å². The van der Waals surface area contributed by atoms with Crippen LogP contribution in [-0.4, -0.2) is 19.5 Å². The van der Waals surface area contributed by atoms with Crippen LogP contribution in [0.3, 0.4) is 0 Å². The number of imidazole rings is 1. The topological polar surface area (TPSA) is 63.6 Å². The summed E-state index contributed by atoms with van der Waals surface area (Å²) in [6.07, 6.45) is 1.22. The Morgan fingerprint density at radius 1 is 1.28 bits per heavy atom. The van der Waals surface area contributed by atoms with Crippen LogP contribution in [0.15, 0.2) is 35.4 Å². The number of hydrogen-bond acceptors (Lipinski definition) is 3. The van der Waals surface area contributed by atoms with Gasteiger partial charge < -0.3 is 4.98 Å². The highest BCUT2D eigenvalue weighted by Crippen LogP contribution is 2.19. The maximum Gasteiger partial charge on any atom is 0.332 e. The van der Waals surface area contributed by atoms with E-state index in [2.05, 4.69) is 15.0 Å². The Morgan fingerprint density at radius 2 is 2.06 bits per heavy atom. The first-order chi connectivity index (χ1) is 8.68. The summed E-state index contributed by atoms with van der Waals surface area (Å²) in [4.78, 5) is 22.1. The fourth-order valence-electron chi connectivity index (χ4n) is 1.75. The molecule has 0 saturated carbocycles. The van der Waals surface area contributed by atoms with Crippen molar-refractivity contribution in [1.82, 2.24) is 19.5 Å². The zero-order valence-electron chi connectivity index (χ0n) is 8.89. The molecule has 0 aliphatic carbocycles. The van der Waals surface area contributed by atoms with E-state index in [0.717, 1.165) is 4.57 Å². The first-order valence-electron chi connectivity index (χ1n) is 5.04. The molecule has 0 atom stereocenters. The van der Waals surface area contributed by atoms with Crippen LogP contribution in [0, 0.1) is 5.82 Å². The molecule has 0 fully saturated rings. The van der Waals surface area contributed by atoms with E-state index in [1.165, 1.54) is 18.5 Å². The molecule has 0 aliphatic heterocycles. The molecule has 2 aromatic heterocycles. The van der Waals surface area contributed by atoms with Gasteiger partial charge >= 0.3 is 5.69 Å². The molecule has 1 aromatic carbocycles. The van der Waals surface area contributed by atoms with Gasteiger partial charge in [-0.05, 0) is 12.1 Å². The van der Waals surface area contributed by atoms with Crippen LogP contribution < -0.4 is 5.69 Å². The molecule has 0 saturated heterocycles. The number of hydrogen-bond donors (Lipinski definition) is 1. The van der Waals surface area contributed by atoms with Crippen LogP contribution in [0.1, 0.15) is 0 Å². The van der Waals surface area contributed by atoms with Gasteiger partial charge in [0.2, 0.25) is 0 Å². The fraction of sp³-hybridized carbons (Fsp3) is 0. The zero-order valence-corrected chi connectivity index (χ0v) is 9.65. The van der Waals surface area contributed by atoms with E-state index in [4.69, 9.17) is 11.6 Å². The maximum atomic E-state index is 13.7. The lowest BCUT2D eigenvalue weighted by atomic mass is 10.3. The van der Waals surface area contributed by atoms with Gasteiger partial charge in [0.1, 0.15) is 17.7 Å². The minimum atomic E-state index is -0.518. The molecule has 0 aliphatic rings. The van der Waals surface area contributed by atoms with Crippen LogP contribution in [-0.2, 0) is 0 Å². The average molecular weight is 265 g/mol. The van der Waals surface area contributed by atoms with Crippen molar-refractivity contribution in [2.45, 2.75) is 0 Å². The standard InChI is InChI=1S/C11H6ClFN4O/c12-9-8-10(15-5-14-9)17(11(18)16-8)7-4-2-1-3-6(7)13/h1-5H,(H,16,18). The Labute approximate surface area is 105 Å². The second kappa shape index (κ2) is 3.92. The number of nitrogens with zero attached hydrogens (tertiary/aromatic N) is 3. The third-order valence-electron chi connectivity index (χ3n) is 2.52. The monoisotopic (exact) mass is 264 g/mol. The molecule has 7 heteroatoms. The highest BCUT2D eigenvalue weighted by Gasteiger charge is 2.15. The third-order valence-corrected chi connectivity index (χ3v) is 2.81. The minimum absolute atomic E-state index is 0.114. The quantitative estimate of drug-likeness (QED) is 0.683. The Hall–Kier alpha value is -2.21. The SMILES string of the molecule is O=c1[nH]c2c(Cl)ncnc2n1-c1ccccc1F. The lowest BCUT2D eigenvalue weighted by Crippen LogP contribution is -2.16. The molecular weight excluding hydrogens is 259 g/mol. The predicted molar refractivity (Wildman–Crippen MR) is 64.5 cm³/mol. The second-order valence-corrected chi connectivity index (χ2v) is 3.94. The smallest absolute Gasteiger partial charge is 0.301 e. The van der Waals surface area contributed by atoms with Gasteiger partial charge in [-0.15, -0.1) is 0 Å². The lowest BCUT2D eigenvalue weighted by molar-refractivity contribution is 0.617. The number of nitrogens with one attached hydrogen (secondary N) is 1. The van der Waals surface area contributed by atoms with Gasteiger partial charge in [-0.25, -0.2) is 23.7 Å². The molecular formula is C11H6ClFN4O. The van der Waals surface area contributed by atoms with Crippen molar-refractivity contribution in [2.24, 2.45) is 0 Å². The molecule has 3 aromatic rings. The van der Waals surface area contributed by atoms with Gasteiger partial charge in [0.05, 0.1) is 5.69 Å². The van der Waals surface area contributed by atoms with E-state index in [0.29, 0.717) is 0 Å². The van der Waals surface area contributed by atoms with Crippen molar-refractivity contribution in [2.75, 3.05) is 0 Å². The van der Waals surface area contributed by atoms with E-state index in [9.17, 15) is 9.18 Å². The van der Waals surface area contributed by atoms with Crippen molar-refractivity contribution in [3.8, 4) is 5.69 Å². The molecule has 0 unspecified atom stereocenters. The normalized spacial score (nSPS) is 11.0. The van der Waals surface area contributed by atoms with E-state index in [-0.39, 0.29) is 22.0 Å². The number of rotatable bonds is 1. The van der Waals surface area contributed by atoms with E-state index >= 15 is 0 Å². The Morgan fingerprint density at radius 3 is 2.83 bits per heavy atom. The van der Waals surface area contributed by atoms with Gasteiger partial charge in [0, 0.05) is 0 Å². The van der Waals surface area contributed by atoms with Crippen molar-refractivity contribution < 1.29 is 4.39 Å². The van der Waals surface area contributed by atoms with Crippen LogP contribution >= 0.6 is 11.6 Å². The third kappa shape index (κ3) is 1.50. The summed E-state index contributed by atoms with van der Waals surface area (Å²) in [5.41, 5.74) is 0.124. The predicted octanol–water partition coefficient (Wildman–Crippen LogP) is 1.90. The Bertz CT molecular complexity index is 795. The Balaban J connectivity index is 2.44. The summed E-state index contributed by atoms with van der Waals surface area (Å²) in [5, 5.41) is 0.118. The van der Waals surface area contributed by atoms with Gasteiger partial charge in [0.15, 0.2) is 10.8 Å². The van der Waals surface area contributed by atoms with E-state index in [1.807, 2.05) is 0 Å². The maximum absolute atomic E-state index is 13.7. The van der Waals surface area contributed by atoms with Gasteiger partial charge in [-0.1, -0.05) is 23.7 Å². The van der Waals surface area contributed by atoms with Crippen molar-refractivity contribution in [3.63, 3.8) is 0 Å². The molecule has 90 valence electrons. The number of fused-ring (bicyclic) bond motifs is 1. The average Bonchev–Trinajstić information content (AvgIpc) is 2.68. The summed E-state index contributed by atoms with van der Waals surface area (Å²) < 4.78 is 14.8. The first-order valence-corrected chi connectivity index (χ1v) is 5.42. The molecule has 0 spiro atoms. The zero-order chi connectivity index (χ0) is 12.7. The summed E-state index contributed by atoms with van der Waals surface area (Å²) in [5.74, 6) is -0.518. The molecule has 2 heterocycles. The molecule has 0 bridgehead atoms. The minimum Gasteiger partial charge on any atom is -0.301 e. The molecule has 5 nitrogen and oxygen atoms in total. The number of aromatic nitrogens is 4. The second-order valence-electron chi connectivity index (χ2n) is 3.58. The first kappa shape index (κ1) is 10.9. The van der Waals surface area contributed by atoms with E-state index < -0.39 is 11.5 Å². The number of H-pyrrole nitrogens is 1. The van der Waals surface area contributed by atoms with Crippen LogP contribution in [0.4, 0.5) is 4.39 Å². The van der Waals surface area contributed by atoms with Crippen molar-refractivity contribution in [3.05, 3.63) is 52.0 Å². The Kier molecular flexibility index (Phi) is 2.38. The molecule has 0 radical (unpaired) electrons. The van der Waals surface area contributed by atoms with Crippen LogP contribution in [0.2, 0.25) is 5.15 Å². The number of benzene rings is 1. The largest absolute Gasteiger partial charge is 0.332 e.